The molecule has 0 radical (unpaired) electrons. The average Bonchev–Trinajstić information content (AvgIpc) is 1.00. The van der Waals surface area contributed by atoms with E-state index < -0.39 is 0 Å². The topological polar surface area (TPSA) is 70.9 Å². The summed E-state index contributed by atoms with van der Waals surface area (Å²) in [7, 11) is 0. The zero-order chi connectivity index (χ0) is 2.00. The van der Waals surface area contributed by atoms with Gasteiger partial charge in [-0.05, 0) is 0 Å². The van der Waals surface area contributed by atoms with Crippen LogP contribution in [0, 0.1) is 4.91 Å². The van der Waals surface area contributed by atoms with Gasteiger partial charge >= 0.3 is 19.5 Å². The van der Waals surface area contributed by atoms with Crippen molar-refractivity contribution >= 4 is 0 Å². The van der Waals surface area contributed by atoms with Crippen molar-refractivity contribution in [1.29, 1.82) is 0 Å². The van der Waals surface area contributed by atoms with Gasteiger partial charge < -0.3 is 53.2 Å². The Morgan fingerprint density at radius 2 is 0.857 bits per heavy atom. The van der Waals surface area contributed by atoms with Crippen molar-refractivity contribution in [1.82, 2.24) is 0 Å². The van der Waals surface area contributed by atoms with E-state index in [4.69, 9.17) is 10.5 Å². The van der Waals surface area contributed by atoms with Gasteiger partial charge in [0.2, 0.25) is 0 Å². The summed E-state index contributed by atoms with van der Waals surface area (Å²) in [6, 6.07) is 0. The van der Waals surface area contributed by atoms with Gasteiger partial charge in [0.25, 0.3) is 0 Å². The van der Waals surface area contributed by atoms with Crippen molar-refractivity contribution in [2.24, 2.45) is 0 Å². The second-order valence-corrected chi connectivity index (χ2v) is 0. The van der Waals surface area contributed by atoms with E-state index >= 15 is 0 Å². The summed E-state index contributed by atoms with van der Waals surface area (Å²) < 4.78 is 0. The van der Waals surface area contributed by atoms with Crippen LogP contribution in [0.15, 0.2) is 0 Å². The summed E-state index contributed by atoms with van der Waals surface area (Å²) in [5.74, 6) is 0. The maximum Gasteiger partial charge on any atom is 4.00 e. The first-order valence-corrected chi connectivity index (χ1v) is 0.183. The first kappa shape index (κ1) is 95.0. The molecule has 0 unspecified atom stereocenters. The van der Waals surface area contributed by atoms with Gasteiger partial charge in [-0.3, -0.25) is 0 Å². The van der Waals surface area contributed by atoms with Crippen LogP contribution in [0.25, 0.3) is 5.59 Å². The van der Waals surface area contributed by atoms with Gasteiger partial charge in [-0.2, -0.15) is 0 Å². The summed E-state index contributed by atoms with van der Waals surface area (Å²) in [6.07, 6.45) is 0. The molecule has 0 atom stereocenters. The Balaban J connectivity index is -0.000000000500. The van der Waals surface area contributed by atoms with Crippen molar-refractivity contribution < 1.29 is 62.2 Å². The summed E-state index contributed by atoms with van der Waals surface area (Å²) in [6.45, 7) is 0. The normalized spacial score (nSPS) is 0.571. The Kier molecular flexibility index (Phi) is 3160. The van der Waals surface area contributed by atoms with Crippen LogP contribution >= 0.6 is 0 Å². The molecule has 0 aromatic carbocycles. The Morgan fingerprint density at radius 1 is 0.857 bits per heavy atom. The van der Waals surface area contributed by atoms with Crippen LogP contribution in [0.3, 0.4) is 0 Å². The second-order valence-electron chi connectivity index (χ2n) is 0. The zero-order valence-corrected chi connectivity index (χ0v) is 6.85. The SMILES string of the molecule is O.[Cl-].[Cl-].[Cl-].[N-]=O.[Ru+4]. The minimum Gasteiger partial charge on any atom is -1.00 e. The molecule has 0 aliphatic rings. The minimum absolute atomic E-state index is 0. The number of nitroso groups, excluding NO2 is 1. The van der Waals surface area contributed by atoms with Crippen LogP contribution in [-0.2, 0) is 19.5 Å². The van der Waals surface area contributed by atoms with Crippen molar-refractivity contribution in [3.05, 3.63) is 10.5 Å². The maximum atomic E-state index is 7.25. The standard InChI is InChI=1S/3ClH.NO.H2O.Ru/c;;;1-2;;/h3*1H;;1H2;/q;;;-1;;+4/p-3. The van der Waals surface area contributed by atoms with Crippen molar-refractivity contribution in [3.63, 3.8) is 0 Å². The monoisotopic (exact) mass is 255 g/mol. The molecule has 0 fully saturated rings. The molecular formula is H2Cl3NO2Ru. The van der Waals surface area contributed by atoms with Crippen molar-refractivity contribution in [2.45, 2.75) is 0 Å². The predicted octanol–water partition coefficient (Wildman–Crippen LogP) is -9.49. The molecule has 7 heteroatoms. The Bertz CT molecular complexity index is 12.9. The van der Waals surface area contributed by atoms with E-state index in [9.17, 15) is 0 Å². The van der Waals surface area contributed by atoms with E-state index in [1.807, 2.05) is 0 Å². The smallest absolute Gasteiger partial charge is 1.00 e. The van der Waals surface area contributed by atoms with Crippen LogP contribution in [0.5, 0.6) is 0 Å². The molecule has 0 saturated carbocycles. The number of rotatable bonds is 0. The van der Waals surface area contributed by atoms with E-state index in [1.165, 1.54) is 0 Å². The third-order valence-electron chi connectivity index (χ3n) is 0. The minimum atomic E-state index is 0. The number of nitrogens with zero attached hydrogens (tertiary/aromatic N) is 1. The van der Waals surface area contributed by atoms with Gasteiger partial charge in [0.1, 0.15) is 0 Å². The largest absolute Gasteiger partial charge is 4.00 e. The van der Waals surface area contributed by atoms with Crippen molar-refractivity contribution in [2.75, 3.05) is 0 Å². The molecule has 0 aliphatic carbocycles. The molecule has 0 spiro atoms. The number of hydrogen-bond donors (Lipinski definition) is 0. The van der Waals surface area contributed by atoms with Crippen LogP contribution in [0.1, 0.15) is 0 Å². The summed E-state index contributed by atoms with van der Waals surface area (Å²) >= 11 is 0. The van der Waals surface area contributed by atoms with Crippen molar-refractivity contribution in [3.8, 4) is 0 Å². The molecule has 0 rings (SSSR count). The second kappa shape index (κ2) is 233. The Morgan fingerprint density at radius 3 is 0.857 bits per heavy atom. The molecular weight excluding hydrogens is 253 g/mol. The summed E-state index contributed by atoms with van der Waals surface area (Å²) in [4.78, 5) is 7.25. The van der Waals surface area contributed by atoms with Gasteiger partial charge in [0, 0.05) is 0 Å². The van der Waals surface area contributed by atoms with E-state index in [1.54, 1.807) is 0 Å². The van der Waals surface area contributed by atoms with Crippen LogP contribution in [0.2, 0.25) is 0 Å². The fourth-order valence-electron chi connectivity index (χ4n) is 0. The summed E-state index contributed by atoms with van der Waals surface area (Å²) in [5.41, 5.74) is 5.75. The molecule has 0 heterocycles. The van der Waals surface area contributed by atoms with Gasteiger partial charge in [0.05, 0.1) is 0 Å². The van der Waals surface area contributed by atoms with Gasteiger partial charge in [-0.25, -0.2) is 0 Å². The molecule has 0 saturated heterocycles. The van der Waals surface area contributed by atoms with E-state index in [2.05, 4.69) is 0 Å². The van der Waals surface area contributed by atoms with Crippen LogP contribution in [-0.4, -0.2) is 5.48 Å². The summed E-state index contributed by atoms with van der Waals surface area (Å²) in [5, 5.41) is 0. The molecule has 3 nitrogen and oxygen atoms in total. The average molecular weight is 255 g/mol. The first-order valence-electron chi connectivity index (χ1n) is 0.183. The Hall–Kier alpha value is 1.05. The predicted molar refractivity (Wildman–Crippen MR) is 10.3 cm³/mol. The van der Waals surface area contributed by atoms with E-state index in [0.29, 0.717) is 0 Å². The van der Waals surface area contributed by atoms with Gasteiger partial charge in [0.15, 0.2) is 0 Å². The molecule has 0 amide bonds. The molecule has 7 heavy (non-hydrogen) atoms. The first-order chi connectivity index (χ1) is 1.00. The number of halogens is 3. The quantitative estimate of drug-likeness (QED) is 0.396. The van der Waals surface area contributed by atoms with E-state index in [-0.39, 0.29) is 62.2 Å². The third-order valence-corrected chi connectivity index (χ3v) is 0. The van der Waals surface area contributed by atoms with Crippen LogP contribution < -0.4 is 37.2 Å². The molecule has 0 aromatic heterocycles. The molecule has 0 bridgehead atoms. The zero-order valence-electron chi connectivity index (χ0n) is 2.84. The third kappa shape index (κ3) is 162. The Labute approximate surface area is 72.7 Å². The number of hydrogen-bond acceptors (Lipinski definition) is 1. The maximum absolute atomic E-state index is 7.25. The van der Waals surface area contributed by atoms with Crippen LogP contribution in [0.4, 0.5) is 0 Å². The molecule has 2 N–H and O–H groups in total. The van der Waals surface area contributed by atoms with E-state index in [0.717, 1.165) is 0 Å². The molecule has 0 aliphatic heterocycles. The van der Waals surface area contributed by atoms with Gasteiger partial charge in [-0.15, -0.1) is 0 Å². The molecule has 48 valence electrons. The van der Waals surface area contributed by atoms with Gasteiger partial charge in [-0.1, -0.05) is 0 Å². The fraction of sp³-hybridized carbons (Fsp3) is 0. The molecule has 0 aromatic rings. The fourth-order valence-corrected chi connectivity index (χ4v) is 0.